The van der Waals surface area contributed by atoms with E-state index in [1.54, 1.807) is 0 Å². The fourth-order valence-corrected chi connectivity index (χ4v) is 1.95. The smallest absolute Gasteiger partial charge is 0.310 e. The summed E-state index contributed by atoms with van der Waals surface area (Å²) >= 11 is 0. The highest BCUT2D eigenvalue weighted by molar-refractivity contribution is 5.29. The number of alkyl halides is 3. The predicted molar refractivity (Wildman–Crippen MR) is 51.4 cm³/mol. The second kappa shape index (κ2) is 4.05. The summed E-state index contributed by atoms with van der Waals surface area (Å²) in [5.74, 6) is -0.835. The van der Waals surface area contributed by atoms with Gasteiger partial charge in [0.2, 0.25) is 0 Å². The van der Waals surface area contributed by atoms with Gasteiger partial charge in [0.1, 0.15) is 5.82 Å². The number of rotatable bonds is 1. The summed E-state index contributed by atoms with van der Waals surface area (Å²) in [5, 5.41) is 3.04. The van der Waals surface area contributed by atoms with Gasteiger partial charge in [0.25, 0.3) is 0 Å². The van der Waals surface area contributed by atoms with E-state index in [-0.39, 0.29) is 6.04 Å². The van der Waals surface area contributed by atoms with Crippen LogP contribution in [0.25, 0.3) is 0 Å². The molecule has 1 N–H and O–H groups in total. The third kappa shape index (κ3) is 2.35. The average molecular weight is 233 g/mol. The minimum Gasteiger partial charge on any atom is -0.310 e. The van der Waals surface area contributed by atoms with Gasteiger partial charge in [-0.3, -0.25) is 0 Å². The van der Waals surface area contributed by atoms with Crippen LogP contribution in [0.1, 0.15) is 30.0 Å². The molecule has 5 heteroatoms. The first-order chi connectivity index (χ1) is 7.47. The Morgan fingerprint density at radius 1 is 1.19 bits per heavy atom. The molecule has 0 spiro atoms. The Labute approximate surface area is 90.5 Å². The van der Waals surface area contributed by atoms with E-state index in [1.807, 2.05) is 0 Å². The molecule has 1 unspecified atom stereocenters. The van der Waals surface area contributed by atoms with Gasteiger partial charge in [-0.2, -0.15) is 13.2 Å². The first-order valence-electron chi connectivity index (χ1n) is 5.08. The average Bonchev–Trinajstić information content (AvgIpc) is 2.68. The summed E-state index contributed by atoms with van der Waals surface area (Å²) < 4.78 is 50.4. The van der Waals surface area contributed by atoms with E-state index in [0.717, 1.165) is 31.5 Å². The lowest BCUT2D eigenvalue weighted by molar-refractivity contribution is -0.137. The van der Waals surface area contributed by atoms with Gasteiger partial charge in [0, 0.05) is 6.04 Å². The third-order valence-electron chi connectivity index (χ3n) is 2.71. The van der Waals surface area contributed by atoms with Crippen molar-refractivity contribution in [2.75, 3.05) is 6.54 Å². The maximum absolute atomic E-state index is 13.1. The van der Waals surface area contributed by atoms with Crippen LogP contribution < -0.4 is 5.32 Å². The maximum atomic E-state index is 13.1. The molecular weight excluding hydrogens is 222 g/mol. The molecule has 1 atom stereocenters. The van der Waals surface area contributed by atoms with Crippen molar-refractivity contribution in [3.8, 4) is 0 Å². The van der Waals surface area contributed by atoms with Gasteiger partial charge < -0.3 is 5.32 Å². The van der Waals surface area contributed by atoms with Gasteiger partial charge in [-0.1, -0.05) is 0 Å². The fraction of sp³-hybridized carbons (Fsp3) is 0.455. The largest absolute Gasteiger partial charge is 0.416 e. The molecule has 1 nitrogen and oxygen atoms in total. The lowest BCUT2D eigenvalue weighted by atomic mass is 10.0. The molecule has 1 heterocycles. The molecule has 1 aliphatic rings. The molecule has 0 bridgehead atoms. The van der Waals surface area contributed by atoms with E-state index in [0.29, 0.717) is 11.6 Å². The molecule has 16 heavy (non-hydrogen) atoms. The summed E-state index contributed by atoms with van der Waals surface area (Å²) in [7, 11) is 0. The predicted octanol–water partition coefficient (Wildman–Crippen LogP) is 3.27. The van der Waals surface area contributed by atoms with Crippen LogP contribution in [0.3, 0.4) is 0 Å². The van der Waals surface area contributed by atoms with Gasteiger partial charge >= 0.3 is 6.18 Å². The Morgan fingerprint density at radius 2 is 1.94 bits per heavy atom. The van der Waals surface area contributed by atoms with Crippen molar-refractivity contribution in [1.82, 2.24) is 5.32 Å². The Balaban J connectivity index is 2.35. The zero-order valence-electron chi connectivity index (χ0n) is 8.44. The van der Waals surface area contributed by atoms with E-state index in [4.69, 9.17) is 0 Å². The molecule has 0 aromatic heterocycles. The normalized spacial score (nSPS) is 21.4. The van der Waals surface area contributed by atoms with Crippen molar-refractivity contribution in [3.05, 3.63) is 35.1 Å². The van der Waals surface area contributed by atoms with Crippen LogP contribution in [0.15, 0.2) is 18.2 Å². The van der Waals surface area contributed by atoms with Gasteiger partial charge in [0.15, 0.2) is 0 Å². The first kappa shape index (κ1) is 11.4. The summed E-state index contributed by atoms with van der Waals surface area (Å²) in [6.45, 7) is 0.766. The van der Waals surface area contributed by atoms with E-state index in [1.165, 1.54) is 0 Å². The number of hydrogen-bond donors (Lipinski definition) is 1. The summed E-state index contributed by atoms with van der Waals surface area (Å²) in [6.07, 6.45) is -2.83. The second-order valence-electron chi connectivity index (χ2n) is 3.92. The molecule has 0 amide bonds. The summed E-state index contributed by atoms with van der Waals surface area (Å²) in [4.78, 5) is 0. The molecular formula is C11H11F4N. The third-order valence-corrected chi connectivity index (χ3v) is 2.71. The van der Waals surface area contributed by atoms with Gasteiger partial charge in [-0.15, -0.1) is 0 Å². The Hall–Kier alpha value is -1.10. The quantitative estimate of drug-likeness (QED) is 0.734. The van der Waals surface area contributed by atoms with Crippen LogP contribution in [0, 0.1) is 5.82 Å². The SMILES string of the molecule is Fc1cc(C2CCCN2)cc(C(F)(F)F)c1. The molecule has 0 radical (unpaired) electrons. The standard InChI is InChI=1S/C11H11F4N/c12-9-5-7(10-2-1-3-16-10)4-8(6-9)11(13,14)15/h4-6,10,16H,1-3H2. The Kier molecular flexibility index (Phi) is 2.88. The molecule has 1 fully saturated rings. The molecule has 0 saturated carbocycles. The minimum absolute atomic E-state index is 0.156. The monoisotopic (exact) mass is 233 g/mol. The number of halogens is 4. The number of nitrogens with one attached hydrogen (secondary N) is 1. The summed E-state index contributed by atoms with van der Waals surface area (Å²) in [6, 6.07) is 2.56. The van der Waals surface area contributed by atoms with Crippen molar-refractivity contribution < 1.29 is 17.6 Å². The van der Waals surface area contributed by atoms with Crippen molar-refractivity contribution in [2.24, 2.45) is 0 Å². The van der Waals surface area contributed by atoms with Crippen LogP contribution in [0.4, 0.5) is 17.6 Å². The summed E-state index contributed by atoms with van der Waals surface area (Å²) in [5.41, 5.74) is -0.541. The molecule has 0 aliphatic carbocycles. The first-order valence-corrected chi connectivity index (χ1v) is 5.08. The van der Waals surface area contributed by atoms with E-state index < -0.39 is 17.6 Å². The zero-order chi connectivity index (χ0) is 11.8. The molecule has 1 aromatic rings. The number of benzene rings is 1. The van der Waals surface area contributed by atoms with Crippen molar-refractivity contribution in [1.29, 1.82) is 0 Å². The fourth-order valence-electron chi connectivity index (χ4n) is 1.95. The minimum atomic E-state index is -4.49. The van der Waals surface area contributed by atoms with E-state index in [2.05, 4.69) is 5.32 Å². The zero-order valence-corrected chi connectivity index (χ0v) is 8.44. The van der Waals surface area contributed by atoms with Crippen LogP contribution in [0.5, 0.6) is 0 Å². The molecule has 1 saturated heterocycles. The van der Waals surface area contributed by atoms with Crippen LogP contribution in [-0.2, 0) is 6.18 Å². The van der Waals surface area contributed by atoms with Crippen LogP contribution in [0.2, 0.25) is 0 Å². The molecule has 88 valence electrons. The van der Waals surface area contributed by atoms with Crippen LogP contribution >= 0.6 is 0 Å². The van der Waals surface area contributed by atoms with Gasteiger partial charge in [-0.25, -0.2) is 4.39 Å². The lowest BCUT2D eigenvalue weighted by Gasteiger charge is -2.14. The van der Waals surface area contributed by atoms with Crippen LogP contribution in [-0.4, -0.2) is 6.54 Å². The second-order valence-corrected chi connectivity index (χ2v) is 3.92. The van der Waals surface area contributed by atoms with E-state index >= 15 is 0 Å². The Bertz CT molecular complexity index is 380. The molecule has 1 aromatic carbocycles. The van der Waals surface area contributed by atoms with Gasteiger partial charge in [-0.05, 0) is 43.1 Å². The molecule has 1 aliphatic heterocycles. The topological polar surface area (TPSA) is 12.0 Å². The van der Waals surface area contributed by atoms with Crippen molar-refractivity contribution in [2.45, 2.75) is 25.1 Å². The highest BCUT2D eigenvalue weighted by Crippen LogP contribution is 2.33. The maximum Gasteiger partial charge on any atom is 0.416 e. The van der Waals surface area contributed by atoms with E-state index in [9.17, 15) is 17.6 Å². The lowest BCUT2D eigenvalue weighted by Crippen LogP contribution is -2.14. The Morgan fingerprint density at radius 3 is 2.50 bits per heavy atom. The highest BCUT2D eigenvalue weighted by Gasteiger charge is 2.32. The highest BCUT2D eigenvalue weighted by atomic mass is 19.4. The number of hydrogen-bond acceptors (Lipinski definition) is 1. The molecule has 2 rings (SSSR count). The van der Waals surface area contributed by atoms with Gasteiger partial charge in [0.05, 0.1) is 5.56 Å². The van der Waals surface area contributed by atoms with Crippen molar-refractivity contribution >= 4 is 0 Å². The van der Waals surface area contributed by atoms with Crippen molar-refractivity contribution in [3.63, 3.8) is 0 Å².